The second-order valence-corrected chi connectivity index (χ2v) is 3.54. The molecule has 1 aromatic carbocycles. The Kier molecular flexibility index (Phi) is 3.44. The first-order valence-electron chi connectivity index (χ1n) is 3.28. The largest absolute Gasteiger partial charge is 0.473 e. The second kappa shape index (κ2) is 4.38. The molecule has 0 aromatic heterocycles. The van der Waals surface area contributed by atoms with Crippen molar-refractivity contribution in [1.82, 2.24) is 0 Å². The number of carbonyl (C=O) groups is 1. The lowest BCUT2D eigenvalue weighted by atomic mass is 10.2. The van der Waals surface area contributed by atoms with Gasteiger partial charge in [0.15, 0.2) is 0 Å². The van der Waals surface area contributed by atoms with Crippen LogP contribution >= 0.6 is 23.4 Å². The first kappa shape index (κ1) is 9.42. The smallest absolute Gasteiger partial charge is 0.365 e. The van der Waals surface area contributed by atoms with Gasteiger partial charge in [0.2, 0.25) is 0 Å². The van der Waals surface area contributed by atoms with E-state index in [1.54, 1.807) is 12.1 Å². The zero-order valence-corrected chi connectivity index (χ0v) is 7.73. The maximum absolute atomic E-state index is 10.2. The molecule has 0 aliphatic heterocycles. The van der Waals surface area contributed by atoms with Crippen LogP contribution in [0.5, 0.6) is 0 Å². The average molecular weight is 203 g/mol. The van der Waals surface area contributed by atoms with Crippen LogP contribution < -0.4 is 0 Å². The Labute approximate surface area is 79.5 Å². The predicted molar refractivity (Wildman–Crippen MR) is 50.8 cm³/mol. The Hall–Kier alpha value is -0.670. The molecule has 0 heterocycles. The highest BCUT2D eigenvalue weighted by Gasteiger charge is 1.98. The van der Waals surface area contributed by atoms with Crippen molar-refractivity contribution in [3.05, 3.63) is 34.9 Å². The summed E-state index contributed by atoms with van der Waals surface area (Å²) in [6.45, 7) is 0. The number of halogens is 1. The molecule has 1 aromatic rings. The molecule has 0 atom stereocenters. The van der Waals surface area contributed by atoms with Crippen LogP contribution in [0, 0.1) is 0 Å². The van der Waals surface area contributed by atoms with Gasteiger partial charge in [-0.05, 0) is 29.5 Å². The van der Waals surface area contributed by atoms with Gasteiger partial charge in [0.25, 0.3) is 0 Å². The molecule has 0 unspecified atom stereocenters. The molecule has 0 radical (unpaired) electrons. The minimum Gasteiger partial charge on any atom is -0.473 e. The van der Waals surface area contributed by atoms with E-state index in [1.165, 1.54) is 0 Å². The molecule has 0 saturated carbocycles. The van der Waals surface area contributed by atoms with Gasteiger partial charge in [-0.3, -0.25) is 0 Å². The van der Waals surface area contributed by atoms with Gasteiger partial charge in [0, 0.05) is 10.8 Å². The SMILES string of the molecule is O=C(O)SCc1ccc(Cl)cc1. The topological polar surface area (TPSA) is 37.3 Å². The van der Waals surface area contributed by atoms with Gasteiger partial charge < -0.3 is 5.11 Å². The van der Waals surface area contributed by atoms with E-state index in [0.717, 1.165) is 17.3 Å². The molecule has 1 rings (SSSR count). The van der Waals surface area contributed by atoms with Crippen molar-refractivity contribution in [1.29, 1.82) is 0 Å². The fourth-order valence-corrected chi connectivity index (χ4v) is 1.33. The predicted octanol–water partition coefficient (Wildman–Crippen LogP) is 3.25. The van der Waals surface area contributed by atoms with Crippen LogP contribution in [0.25, 0.3) is 0 Å². The van der Waals surface area contributed by atoms with E-state index in [0.29, 0.717) is 10.8 Å². The average Bonchev–Trinajstić information content (AvgIpc) is 2.03. The molecule has 0 bridgehead atoms. The van der Waals surface area contributed by atoms with Crippen molar-refractivity contribution in [3.63, 3.8) is 0 Å². The van der Waals surface area contributed by atoms with E-state index in [4.69, 9.17) is 16.7 Å². The lowest BCUT2D eigenvalue weighted by Gasteiger charge is -1.96. The first-order valence-corrected chi connectivity index (χ1v) is 4.65. The molecule has 0 saturated heterocycles. The highest BCUT2D eigenvalue weighted by atomic mass is 35.5. The minimum atomic E-state index is -0.857. The Morgan fingerprint density at radius 3 is 2.50 bits per heavy atom. The number of benzene rings is 1. The molecule has 64 valence electrons. The summed E-state index contributed by atoms with van der Waals surface area (Å²) in [4.78, 5) is 10.2. The highest BCUT2D eigenvalue weighted by molar-refractivity contribution is 8.12. The molecule has 4 heteroatoms. The fraction of sp³-hybridized carbons (Fsp3) is 0.125. The van der Waals surface area contributed by atoms with Gasteiger partial charge in [0.1, 0.15) is 0 Å². The van der Waals surface area contributed by atoms with E-state index >= 15 is 0 Å². The molecular formula is C8H7ClO2S. The normalized spacial score (nSPS) is 9.75. The Morgan fingerprint density at radius 1 is 1.42 bits per heavy atom. The standard InChI is InChI=1S/C8H7ClO2S/c9-7-3-1-6(2-4-7)5-12-8(10)11/h1-4H,5H2,(H,10,11). The lowest BCUT2D eigenvalue weighted by Crippen LogP contribution is -1.86. The van der Waals surface area contributed by atoms with Crippen molar-refractivity contribution >= 4 is 28.7 Å². The lowest BCUT2D eigenvalue weighted by molar-refractivity contribution is 0.222. The molecular weight excluding hydrogens is 196 g/mol. The van der Waals surface area contributed by atoms with E-state index in [9.17, 15) is 4.79 Å². The van der Waals surface area contributed by atoms with E-state index in [1.807, 2.05) is 12.1 Å². The maximum atomic E-state index is 10.2. The number of hydrogen-bond donors (Lipinski definition) is 1. The maximum Gasteiger partial charge on any atom is 0.365 e. The third-order valence-electron chi connectivity index (χ3n) is 1.28. The number of carboxylic acid groups (broad SMARTS) is 1. The number of hydrogen-bond acceptors (Lipinski definition) is 2. The molecule has 0 aliphatic rings. The Balaban J connectivity index is 2.53. The van der Waals surface area contributed by atoms with E-state index in [-0.39, 0.29) is 0 Å². The molecule has 2 nitrogen and oxygen atoms in total. The molecule has 0 spiro atoms. The third-order valence-corrected chi connectivity index (χ3v) is 2.25. The van der Waals surface area contributed by atoms with Crippen molar-refractivity contribution in [3.8, 4) is 0 Å². The monoisotopic (exact) mass is 202 g/mol. The van der Waals surface area contributed by atoms with Crippen molar-refractivity contribution in [2.75, 3.05) is 0 Å². The van der Waals surface area contributed by atoms with Crippen molar-refractivity contribution in [2.24, 2.45) is 0 Å². The second-order valence-electron chi connectivity index (χ2n) is 2.18. The summed E-state index contributed by atoms with van der Waals surface area (Å²) in [5.74, 6) is 0.479. The quantitative estimate of drug-likeness (QED) is 0.800. The molecule has 0 amide bonds. The molecule has 1 N–H and O–H groups in total. The zero-order valence-electron chi connectivity index (χ0n) is 6.16. The van der Waals surface area contributed by atoms with Crippen LogP contribution in [0.15, 0.2) is 24.3 Å². The van der Waals surface area contributed by atoms with Crippen LogP contribution in [0.2, 0.25) is 5.02 Å². The van der Waals surface area contributed by atoms with Gasteiger partial charge in [-0.15, -0.1) is 0 Å². The summed E-state index contributed by atoms with van der Waals surface area (Å²) in [7, 11) is 0. The van der Waals surface area contributed by atoms with Gasteiger partial charge in [0.05, 0.1) is 0 Å². The summed E-state index contributed by atoms with van der Waals surface area (Å²) in [6, 6.07) is 7.13. The molecule has 0 aliphatic carbocycles. The van der Waals surface area contributed by atoms with Crippen molar-refractivity contribution in [2.45, 2.75) is 5.75 Å². The van der Waals surface area contributed by atoms with Crippen LogP contribution in [-0.2, 0) is 5.75 Å². The zero-order chi connectivity index (χ0) is 8.97. The van der Waals surface area contributed by atoms with Crippen LogP contribution in [0.1, 0.15) is 5.56 Å². The Morgan fingerprint density at radius 2 is 2.00 bits per heavy atom. The van der Waals surface area contributed by atoms with Gasteiger partial charge in [-0.1, -0.05) is 23.7 Å². The van der Waals surface area contributed by atoms with Gasteiger partial charge in [-0.2, -0.15) is 0 Å². The summed E-state index contributed by atoms with van der Waals surface area (Å²) >= 11 is 6.52. The first-order chi connectivity index (χ1) is 5.68. The number of rotatable bonds is 2. The van der Waals surface area contributed by atoms with Crippen LogP contribution in [0.4, 0.5) is 4.79 Å². The van der Waals surface area contributed by atoms with Gasteiger partial charge in [-0.25, -0.2) is 4.79 Å². The van der Waals surface area contributed by atoms with Crippen LogP contribution in [0.3, 0.4) is 0 Å². The van der Waals surface area contributed by atoms with Crippen molar-refractivity contribution < 1.29 is 9.90 Å². The number of thioether (sulfide) groups is 1. The fourth-order valence-electron chi connectivity index (χ4n) is 0.726. The highest BCUT2D eigenvalue weighted by Crippen LogP contribution is 2.15. The van der Waals surface area contributed by atoms with E-state index < -0.39 is 5.30 Å². The van der Waals surface area contributed by atoms with Crippen LogP contribution in [-0.4, -0.2) is 10.4 Å². The summed E-state index contributed by atoms with van der Waals surface area (Å²) in [5, 5.41) is 8.18. The molecule has 0 fully saturated rings. The van der Waals surface area contributed by atoms with E-state index in [2.05, 4.69) is 0 Å². The summed E-state index contributed by atoms with van der Waals surface area (Å²) in [5.41, 5.74) is 0.965. The summed E-state index contributed by atoms with van der Waals surface area (Å²) < 4.78 is 0. The molecule has 12 heavy (non-hydrogen) atoms. The van der Waals surface area contributed by atoms with Gasteiger partial charge >= 0.3 is 5.30 Å². The minimum absolute atomic E-state index is 0.479. The third kappa shape index (κ3) is 3.15. The summed E-state index contributed by atoms with van der Waals surface area (Å²) in [6.07, 6.45) is 0. The Bertz CT molecular complexity index is 271.